The topological polar surface area (TPSA) is 82.5 Å². The number of amides is 1. The first-order chi connectivity index (χ1) is 7.52. The number of rotatable bonds is 4. The van der Waals surface area contributed by atoms with E-state index >= 15 is 0 Å². The molecule has 3 N–H and O–H groups in total. The first-order valence-electron chi connectivity index (χ1n) is 4.66. The van der Waals surface area contributed by atoms with Crippen LogP contribution in [0.5, 0.6) is 0 Å². The van der Waals surface area contributed by atoms with Crippen molar-refractivity contribution < 1.29 is 19.4 Å². The number of aliphatic hydroxyl groups excluding tert-OH is 2. The Morgan fingerprint density at radius 3 is 2.69 bits per heavy atom. The zero-order valence-corrected chi connectivity index (χ0v) is 8.77. The van der Waals surface area contributed by atoms with Crippen molar-refractivity contribution in [2.24, 2.45) is 0 Å². The summed E-state index contributed by atoms with van der Waals surface area (Å²) in [5.41, 5.74) is -1.35. The summed E-state index contributed by atoms with van der Waals surface area (Å²) in [7, 11) is 0. The van der Waals surface area contributed by atoms with Crippen molar-refractivity contribution >= 4 is 5.91 Å². The highest BCUT2D eigenvalue weighted by Gasteiger charge is 2.26. The normalized spacial score (nSPS) is 11.2. The molecule has 0 atom stereocenters. The molecule has 6 heteroatoms. The monoisotopic (exact) mass is 228 g/mol. The highest BCUT2D eigenvalue weighted by atomic mass is 19.1. The lowest BCUT2D eigenvalue weighted by atomic mass is 10.0. The lowest BCUT2D eigenvalue weighted by Crippen LogP contribution is -2.51. The van der Waals surface area contributed by atoms with E-state index in [1.807, 2.05) is 0 Å². The van der Waals surface area contributed by atoms with Gasteiger partial charge in [0, 0.05) is 6.20 Å². The van der Waals surface area contributed by atoms with Gasteiger partial charge in [-0.25, -0.2) is 4.39 Å². The van der Waals surface area contributed by atoms with E-state index in [4.69, 9.17) is 10.2 Å². The molecule has 0 aromatic carbocycles. The highest BCUT2D eigenvalue weighted by Crippen LogP contribution is 2.08. The van der Waals surface area contributed by atoms with Crippen molar-refractivity contribution in [3.05, 3.63) is 29.8 Å². The molecular formula is C10H13FN2O3. The quantitative estimate of drug-likeness (QED) is 0.660. The number of pyridine rings is 1. The molecule has 1 amide bonds. The molecule has 1 heterocycles. The molecular weight excluding hydrogens is 215 g/mol. The lowest BCUT2D eigenvalue weighted by Gasteiger charge is -2.26. The van der Waals surface area contributed by atoms with Crippen molar-refractivity contribution in [1.82, 2.24) is 10.3 Å². The maximum absolute atomic E-state index is 13.2. The van der Waals surface area contributed by atoms with E-state index in [1.54, 1.807) is 0 Å². The SMILES string of the molecule is CC(CO)(CO)NC(=O)c1ccncc1F. The predicted octanol–water partition coefficient (Wildman–Crippen LogP) is -0.306. The summed E-state index contributed by atoms with van der Waals surface area (Å²) in [6.07, 6.45) is 2.21. The number of aromatic nitrogens is 1. The fourth-order valence-electron chi connectivity index (χ4n) is 1.03. The fraction of sp³-hybridized carbons (Fsp3) is 0.400. The zero-order valence-electron chi connectivity index (χ0n) is 8.77. The number of halogens is 1. The van der Waals surface area contributed by atoms with Gasteiger partial charge in [-0.3, -0.25) is 9.78 Å². The summed E-state index contributed by atoms with van der Waals surface area (Å²) < 4.78 is 13.2. The molecule has 0 saturated carbocycles. The molecule has 1 aromatic heterocycles. The summed E-state index contributed by atoms with van der Waals surface area (Å²) in [6, 6.07) is 1.22. The second-order valence-corrected chi connectivity index (χ2v) is 3.69. The van der Waals surface area contributed by atoms with Crippen LogP contribution in [0.15, 0.2) is 18.5 Å². The van der Waals surface area contributed by atoms with Crippen LogP contribution in [0.3, 0.4) is 0 Å². The summed E-state index contributed by atoms with van der Waals surface area (Å²) in [4.78, 5) is 15.1. The minimum atomic E-state index is -1.17. The summed E-state index contributed by atoms with van der Waals surface area (Å²) >= 11 is 0. The largest absolute Gasteiger partial charge is 0.394 e. The summed E-state index contributed by atoms with van der Waals surface area (Å²) in [5.74, 6) is -1.45. The number of carbonyl (C=O) groups is 1. The van der Waals surface area contributed by atoms with Gasteiger partial charge in [-0.2, -0.15) is 0 Å². The van der Waals surface area contributed by atoms with Crippen LogP contribution >= 0.6 is 0 Å². The Morgan fingerprint density at radius 2 is 2.19 bits per heavy atom. The Bertz CT molecular complexity index is 380. The van der Waals surface area contributed by atoms with Gasteiger partial charge in [0.15, 0.2) is 5.82 Å². The van der Waals surface area contributed by atoms with Crippen molar-refractivity contribution in [3.63, 3.8) is 0 Å². The van der Waals surface area contributed by atoms with Crippen LogP contribution in [0.25, 0.3) is 0 Å². The van der Waals surface area contributed by atoms with Crippen LogP contribution in [0, 0.1) is 5.82 Å². The average molecular weight is 228 g/mol. The third-order valence-electron chi connectivity index (χ3n) is 2.13. The molecule has 0 aliphatic heterocycles. The standard InChI is InChI=1S/C10H13FN2O3/c1-10(5-14,6-15)13-9(16)7-2-3-12-4-8(7)11/h2-4,14-15H,5-6H2,1H3,(H,13,16). The first-order valence-corrected chi connectivity index (χ1v) is 4.66. The van der Waals surface area contributed by atoms with Crippen molar-refractivity contribution in [2.45, 2.75) is 12.5 Å². The predicted molar refractivity (Wildman–Crippen MR) is 54.2 cm³/mol. The number of nitrogens with one attached hydrogen (secondary N) is 1. The number of hydrogen-bond acceptors (Lipinski definition) is 4. The molecule has 0 bridgehead atoms. The summed E-state index contributed by atoms with van der Waals surface area (Å²) in [6.45, 7) is 0.563. The molecule has 0 aliphatic rings. The molecule has 1 rings (SSSR count). The molecule has 0 radical (unpaired) electrons. The van der Waals surface area contributed by atoms with Crippen molar-refractivity contribution in [2.75, 3.05) is 13.2 Å². The molecule has 0 unspecified atom stereocenters. The van der Waals surface area contributed by atoms with Crippen LogP contribution < -0.4 is 5.32 Å². The van der Waals surface area contributed by atoms with Crippen LogP contribution in [-0.2, 0) is 0 Å². The second kappa shape index (κ2) is 5.00. The number of hydrogen-bond donors (Lipinski definition) is 3. The minimum Gasteiger partial charge on any atom is -0.394 e. The summed E-state index contributed by atoms with van der Waals surface area (Å²) in [5, 5.41) is 20.3. The first kappa shape index (κ1) is 12.5. The molecule has 1 aromatic rings. The molecule has 0 aliphatic carbocycles. The van der Waals surface area contributed by atoms with Gasteiger partial charge in [0.1, 0.15) is 0 Å². The maximum atomic E-state index is 13.2. The van der Waals surface area contributed by atoms with Crippen molar-refractivity contribution in [3.8, 4) is 0 Å². The van der Waals surface area contributed by atoms with Gasteiger partial charge >= 0.3 is 0 Å². The smallest absolute Gasteiger partial charge is 0.254 e. The van der Waals surface area contributed by atoms with Gasteiger partial charge in [0.25, 0.3) is 5.91 Å². The molecule has 0 saturated heterocycles. The van der Waals surface area contributed by atoms with E-state index in [0.29, 0.717) is 0 Å². The fourth-order valence-corrected chi connectivity index (χ4v) is 1.03. The third kappa shape index (κ3) is 2.74. The van der Waals surface area contributed by atoms with E-state index in [-0.39, 0.29) is 5.56 Å². The molecule has 5 nitrogen and oxygen atoms in total. The Labute approximate surface area is 91.9 Å². The zero-order chi connectivity index (χ0) is 12.2. The van der Waals surface area contributed by atoms with Crippen LogP contribution in [0.1, 0.15) is 17.3 Å². The molecule has 0 spiro atoms. The molecule has 0 fully saturated rings. The Balaban J connectivity index is 2.84. The third-order valence-corrected chi connectivity index (χ3v) is 2.13. The molecule has 88 valence electrons. The Morgan fingerprint density at radius 1 is 1.56 bits per heavy atom. The van der Waals surface area contributed by atoms with Gasteiger partial charge in [-0.1, -0.05) is 0 Å². The number of nitrogens with zero attached hydrogens (tertiary/aromatic N) is 1. The van der Waals surface area contributed by atoms with Crippen molar-refractivity contribution in [1.29, 1.82) is 0 Å². The Kier molecular flexibility index (Phi) is 3.92. The van der Waals surface area contributed by atoms with Crippen LogP contribution in [0.4, 0.5) is 4.39 Å². The van der Waals surface area contributed by atoms with E-state index in [0.717, 1.165) is 6.20 Å². The van der Waals surface area contributed by atoms with Gasteiger partial charge in [-0.15, -0.1) is 0 Å². The average Bonchev–Trinajstić information content (AvgIpc) is 2.29. The van der Waals surface area contributed by atoms with Gasteiger partial charge in [0.2, 0.25) is 0 Å². The maximum Gasteiger partial charge on any atom is 0.254 e. The van der Waals surface area contributed by atoms with Crippen LogP contribution in [0.2, 0.25) is 0 Å². The lowest BCUT2D eigenvalue weighted by molar-refractivity contribution is 0.0720. The molecule has 16 heavy (non-hydrogen) atoms. The van der Waals surface area contributed by atoms with Gasteiger partial charge < -0.3 is 15.5 Å². The van der Waals surface area contributed by atoms with Gasteiger partial charge in [0.05, 0.1) is 30.5 Å². The second-order valence-electron chi connectivity index (χ2n) is 3.69. The Hall–Kier alpha value is -1.53. The minimum absolute atomic E-state index is 0.178. The van der Waals surface area contributed by atoms with E-state index in [9.17, 15) is 9.18 Å². The highest BCUT2D eigenvalue weighted by molar-refractivity contribution is 5.94. The van der Waals surface area contributed by atoms with E-state index < -0.39 is 30.5 Å². The van der Waals surface area contributed by atoms with E-state index in [2.05, 4.69) is 10.3 Å². The number of carbonyl (C=O) groups excluding carboxylic acids is 1. The van der Waals surface area contributed by atoms with E-state index in [1.165, 1.54) is 19.2 Å². The van der Waals surface area contributed by atoms with Gasteiger partial charge in [-0.05, 0) is 13.0 Å². The van der Waals surface area contributed by atoms with Crippen LogP contribution in [-0.4, -0.2) is 39.9 Å². The number of aliphatic hydroxyl groups is 2.